The maximum atomic E-state index is 9.55. The molecular weight excluding hydrogens is 95.0 g/mol. The van der Waals surface area contributed by atoms with Crippen molar-refractivity contribution >= 4 is 15.5 Å². The summed E-state index contributed by atoms with van der Waals surface area (Å²) in [6, 6.07) is 0. The van der Waals surface area contributed by atoms with Crippen LogP contribution in [0.25, 0.3) is 0 Å². The molecule has 0 amide bonds. The third kappa shape index (κ3) is 4.13. The molecule has 3 heteroatoms. The van der Waals surface area contributed by atoms with Gasteiger partial charge in [-0.25, -0.2) is 0 Å². The van der Waals surface area contributed by atoms with Gasteiger partial charge in [-0.3, -0.25) is 0 Å². The molecule has 0 rings (SSSR count). The monoisotopic (exact) mass is 102 g/mol. The molecule has 0 fully saturated rings. The van der Waals surface area contributed by atoms with Gasteiger partial charge in [-0.1, -0.05) is 0 Å². The minimum absolute atomic E-state index is 0.638. The fourth-order valence-corrected chi connectivity index (χ4v) is 0.498. The first-order chi connectivity index (χ1) is 2.91. The Morgan fingerprint density at radius 2 is 2.50 bits per heavy atom. The van der Waals surface area contributed by atoms with E-state index in [1.165, 1.54) is 0 Å². The van der Waals surface area contributed by atoms with Crippen LogP contribution >= 0.6 is 0 Å². The molecule has 34 valence electrons. The molecule has 0 bridgehead atoms. The van der Waals surface area contributed by atoms with E-state index in [1.807, 2.05) is 6.92 Å². The van der Waals surface area contributed by atoms with Crippen LogP contribution in [0.5, 0.6) is 0 Å². The Labute approximate surface area is 43.8 Å². The van der Waals surface area contributed by atoms with Gasteiger partial charge in [-0.15, -0.1) is 0 Å². The maximum absolute atomic E-state index is 9.55. The molecule has 0 atom stereocenters. The fourth-order valence-electron chi connectivity index (χ4n) is 0.166. The van der Waals surface area contributed by atoms with Crippen LogP contribution in [0.3, 0.4) is 0 Å². The van der Waals surface area contributed by atoms with Gasteiger partial charge in [0.25, 0.3) is 0 Å². The number of rotatable bonds is 3. The van der Waals surface area contributed by atoms with Crippen molar-refractivity contribution in [2.24, 2.45) is 0 Å². The van der Waals surface area contributed by atoms with Gasteiger partial charge in [0.1, 0.15) is 0 Å². The second-order valence-corrected chi connectivity index (χ2v) is 1.49. The Bertz CT molecular complexity index is 37.8. The molecule has 0 saturated carbocycles. The van der Waals surface area contributed by atoms with Crippen molar-refractivity contribution in [2.75, 3.05) is 6.61 Å². The van der Waals surface area contributed by atoms with E-state index in [9.17, 15) is 3.80 Å². The van der Waals surface area contributed by atoms with Crippen LogP contribution < -0.4 is 0 Å². The molecule has 0 aliphatic rings. The van der Waals surface area contributed by atoms with Gasteiger partial charge in [-0.2, -0.15) is 0 Å². The quantitative estimate of drug-likeness (QED) is 0.380. The van der Waals surface area contributed by atoms with Crippen molar-refractivity contribution in [3.05, 3.63) is 0 Å². The Kier molecular flexibility index (Phi) is 5.25. The Morgan fingerprint density at radius 3 is 2.67 bits per heavy atom. The van der Waals surface area contributed by atoms with Crippen molar-refractivity contribution in [3.63, 3.8) is 0 Å². The van der Waals surface area contributed by atoms with E-state index in [0.29, 0.717) is 6.61 Å². The van der Waals surface area contributed by atoms with Gasteiger partial charge < -0.3 is 0 Å². The summed E-state index contributed by atoms with van der Waals surface area (Å²) in [7, 11) is 0. The van der Waals surface area contributed by atoms with Crippen LogP contribution in [-0.2, 0) is 7.59 Å². The molecule has 0 unspecified atom stereocenters. The van der Waals surface area contributed by atoms with Gasteiger partial charge >= 0.3 is 43.0 Å². The molecule has 0 saturated heterocycles. The van der Waals surface area contributed by atoms with Crippen molar-refractivity contribution < 1.29 is 7.59 Å². The molecule has 0 aromatic carbocycles. The Balaban J connectivity index is 2.49. The third-order valence-electron chi connectivity index (χ3n) is 0.390. The first-order valence-electron chi connectivity index (χ1n) is 1.97. The first-order valence-corrected chi connectivity index (χ1v) is 2.91. The van der Waals surface area contributed by atoms with E-state index in [2.05, 4.69) is 3.79 Å². The molecule has 0 radical (unpaired) electrons. The third-order valence-corrected chi connectivity index (χ3v) is 0.762. The van der Waals surface area contributed by atoms with E-state index in [0.717, 1.165) is 6.42 Å². The molecule has 0 aromatic heterocycles. The molecule has 2 nitrogen and oxygen atoms in total. The molecule has 0 aliphatic heterocycles. The zero-order chi connectivity index (χ0) is 4.83. The molecule has 0 heterocycles. The number of hydrogen-bond donors (Lipinski definition) is 0. The summed E-state index contributed by atoms with van der Waals surface area (Å²) in [4.78, 5) is 0. The Morgan fingerprint density at radius 1 is 1.83 bits per heavy atom. The van der Waals surface area contributed by atoms with Gasteiger partial charge in [0.05, 0.1) is 0 Å². The van der Waals surface area contributed by atoms with Crippen LogP contribution in [0, 0.1) is 0 Å². The average molecular weight is 102 g/mol. The molecule has 0 spiro atoms. The van der Waals surface area contributed by atoms with E-state index in [4.69, 9.17) is 0 Å². The predicted octanol–water partition coefficient (Wildman–Crippen LogP) is 0.378. The first kappa shape index (κ1) is 6.13. The molecule has 0 aromatic rings. The summed E-state index contributed by atoms with van der Waals surface area (Å²) in [6.07, 6.45) is 0.954. The van der Waals surface area contributed by atoms with Crippen LogP contribution in [0.1, 0.15) is 13.3 Å². The number of hydrogen-bond acceptors (Lipinski definition) is 2. The van der Waals surface area contributed by atoms with Gasteiger partial charge in [0, 0.05) is 0 Å². The summed E-state index contributed by atoms with van der Waals surface area (Å²) in [5, 5.41) is 0. The normalized spacial score (nSPS) is 6.83. The second-order valence-electron chi connectivity index (χ2n) is 0.967. The molecule has 6 heavy (non-hydrogen) atoms. The van der Waals surface area contributed by atoms with Crippen molar-refractivity contribution in [2.45, 2.75) is 13.3 Å². The van der Waals surface area contributed by atoms with Crippen LogP contribution in [-0.4, -0.2) is 22.1 Å². The van der Waals surface area contributed by atoms with Crippen LogP contribution in [0.4, 0.5) is 0 Å². The summed E-state index contributed by atoms with van der Waals surface area (Å²) in [5.41, 5.74) is 0. The molecule has 0 N–H and O–H groups in total. The molecule has 0 aliphatic carbocycles. The van der Waals surface area contributed by atoms with E-state index in [1.54, 1.807) is 0 Å². The Hall–Kier alpha value is 0.132. The SMILES string of the molecule is CCC[O][Al]=[O]. The van der Waals surface area contributed by atoms with Gasteiger partial charge in [0.15, 0.2) is 0 Å². The summed E-state index contributed by atoms with van der Waals surface area (Å²) >= 11 is -0.966. The van der Waals surface area contributed by atoms with Crippen LogP contribution in [0.2, 0.25) is 0 Å². The zero-order valence-electron chi connectivity index (χ0n) is 3.81. The zero-order valence-corrected chi connectivity index (χ0v) is 4.96. The van der Waals surface area contributed by atoms with Crippen LogP contribution in [0.15, 0.2) is 0 Å². The summed E-state index contributed by atoms with van der Waals surface area (Å²) in [6.45, 7) is 2.62. The van der Waals surface area contributed by atoms with E-state index >= 15 is 0 Å². The van der Waals surface area contributed by atoms with Crippen molar-refractivity contribution in [1.29, 1.82) is 0 Å². The fraction of sp³-hybridized carbons (Fsp3) is 1.00. The van der Waals surface area contributed by atoms with E-state index < -0.39 is 15.5 Å². The van der Waals surface area contributed by atoms with Crippen molar-refractivity contribution in [1.82, 2.24) is 0 Å². The van der Waals surface area contributed by atoms with Crippen molar-refractivity contribution in [3.8, 4) is 0 Å². The van der Waals surface area contributed by atoms with E-state index in [-0.39, 0.29) is 0 Å². The average Bonchev–Trinajstić information content (AvgIpc) is 1.61. The topological polar surface area (TPSA) is 26.3 Å². The summed E-state index contributed by atoms with van der Waals surface area (Å²) < 4.78 is 14.1. The van der Waals surface area contributed by atoms with Gasteiger partial charge in [0.2, 0.25) is 0 Å². The van der Waals surface area contributed by atoms with Gasteiger partial charge in [-0.05, 0) is 0 Å². The standard InChI is InChI=1S/C3H7O.Al.O/c1-2-3-4;;/h2-3H2,1H3;;/q-1;+1;. The molecular formula is C3H7AlO2. The minimum atomic E-state index is -0.966. The predicted molar refractivity (Wildman–Crippen MR) is 22.7 cm³/mol. The summed E-state index contributed by atoms with van der Waals surface area (Å²) in [5.74, 6) is 0. The second kappa shape index (κ2) is 5.13.